The molecule has 1 fully saturated rings. The lowest BCUT2D eigenvalue weighted by atomic mass is 9.80. The Morgan fingerprint density at radius 2 is 2.50 bits per heavy atom. The second-order valence-corrected chi connectivity index (χ2v) is 5.18. The highest BCUT2D eigenvalue weighted by Crippen LogP contribution is 2.35. The van der Waals surface area contributed by atoms with Gasteiger partial charge in [-0.2, -0.15) is 0 Å². The van der Waals surface area contributed by atoms with Crippen molar-refractivity contribution >= 4 is 28.7 Å². The minimum Gasteiger partial charge on any atom is -0.376 e. The zero-order valence-corrected chi connectivity index (χ0v) is 9.63. The Labute approximate surface area is 91.7 Å². The van der Waals surface area contributed by atoms with Crippen LogP contribution in [0.1, 0.15) is 19.3 Å². The fourth-order valence-corrected chi connectivity index (χ4v) is 2.35. The molecule has 0 radical (unpaired) electrons. The van der Waals surface area contributed by atoms with Crippen molar-refractivity contribution in [2.24, 2.45) is 0 Å². The van der Waals surface area contributed by atoms with E-state index in [0.29, 0.717) is 3.95 Å². The lowest BCUT2D eigenvalue weighted by Crippen LogP contribution is -2.45. The number of aromatic nitrogens is 2. The molecule has 0 saturated heterocycles. The number of anilines is 1. The molecule has 4 nitrogen and oxygen atoms in total. The van der Waals surface area contributed by atoms with E-state index in [1.165, 1.54) is 17.8 Å². The summed E-state index contributed by atoms with van der Waals surface area (Å²) in [6.45, 7) is 0.819. The second-order valence-electron chi connectivity index (χ2n) is 3.51. The van der Waals surface area contributed by atoms with Gasteiger partial charge in [-0.25, -0.2) is 0 Å². The van der Waals surface area contributed by atoms with Crippen molar-refractivity contribution in [1.29, 1.82) is 0 Å². The van der Waals surface area contributed by atoms with Crippen LogP contribution in [0.2, 0.25) is 0 Å². The minimum atomic E-state index is 0.0350. The van der Waals surface area contributed by atoms with Gasteiger partial charge in [0.25, 0.3) is 0 Å². The zero-order chi connectivity index (χ0) is 10.0. The largest absolute Gasteiger partial charge is 0.376 e. The molecule has 1 aromatic heterocycles. The van der Waals surface area contributed by atoms with Crippen molar-refractivity contribution in [2.45, 2.75) is 24.9 Å². The quantitative estimate of drug-likeness (QED) is 0.780. The lowest BCUT2D eigenvalue weighted by Gasteiger charge is -2.40. The number of methoxy groups -OCH3 is 1. The van der Waals surface area contributed by atoms with Crippen LogP contribution in [0.15, 0.2) is 0 Å². The maximum Gasteiger partial charge on any atom is 0.204 e. The molecule has 0 amide bonds. The Morgan fingerprint density at radius 3 is 2.93 bits per heavy atom. The monoisotopic (exact) mass is 231 g/mol. The van der Waals surface area contributed by atoms with E-state index in [9.17, 15) is 0 Å². The third-order valence-corrected chi connectivity index (χ3v) is 3.74. The Bertz CT molecular complexity index is 350. The molecular formula is C8H13N3OS2. The highest BCUT2D eigenvalue weighted by Gasteiger charge is 2.36. The Kier molecular flexibility index (Phi) is 2.85. The van der Waals surface area contributed by atoms with Crippen LogP contribution in [-0.4, -0.2) is 29.5 Å². The van der Waals surface area contributed by atoms with Gasteiger partial charge in [-0.05, 0) is 31.5 Å². The summed E-state index contributed by atoms with van der Waals surface area (Å²) in [6, 6.07) is 0. The molecular weight excluding hydrogens is 218 g/mol. The topological polar surface area (TPSA) is 49.9 Å². The summed E-state index contributed by atoms with van der Waals surface area (Å²) in [4.78, 5) is 0. The van der Waals surface area contributed by atoms with Gasteiger partial charge in [-0.15, -0.1) is 5.10 Å². The molecule has 0 bridgehead atoms. The molecule has 0 spiro atoms. The third-order valence-electron chi connectivity index (χ3n) is 2.70. The van der Waals surface area contributed by atoms with E-state index in [4.69, 9.17) is 17.0 Å². The molecule has 2 N–H and O–H groups in total. The SMILES string of the molecule is COC1(CNc2n[nH]c(=S)s2)CCC1. The summed E-state index contributed by atoms with van der Waals surface area (Å²) in [5.41, 5.74) is 0.0350. The van der Waals surface area contributed by atoms with Gasteiger partial charge >= 0.3 is 0 Å². The van der Waals surface area contributed by atoms with Gasteiger partial charge in [0.05, 0.1) is 5.60 Å². The van der Waals surface area contributed by atoms with Gasteiger partial charge in [0.1, 0.15) is 0 Å². The highest BCUT2D eigenvalue weighted by molar-refractivity contribution is 7.73. The third kappa shape index (κ3) is 1.97. The Morgan fingerprint density at radius 1 is 1.71 bits per heavy atom. The molecule has 14 heavy (non-hydrogen) atoms. The van der Waals surface area contributed by atoms with E-state index in [0.717, 1.165) is 24.5 Å². The first-order chi connectivity index (χ1) is 6.74. The first kappa shape index (κ1) is 10.1. The summed E-state index contributed by atoms with van der Waals surface area (Å²) in [7, 11) is 1.77. The van der Waals surface area contributed by atoms with E-state index in [1.807, 2.05) is 0 Å². The van der Waals surface area contributed by atoms with Crippen LogP contribution >= 0.6 is 23.6 Å². The van der Waals surface area contributed by atoms with Gasteiger partial charge in [0.2, 0.25) is 5.13 Å². The van der Waals surface area contributed by atoms with Crippen molar-refractivity contribution in [3.8, 4) is 0 Å². The predicted octanol–water partition coefficient (Wildman–Crippen LogP) is 2.18. The lowest BCUT2D eigenvalue weighted by molar-refractivity contribution is -0.0601. The molecule has 1 aliphatic carbocycles. The zero-order valence-electron chi connectivity index (χ0n) is 8.00. The molecule has 0 aliphatic heterocycles. The summed E-state index contributed by atoms with van der Waals surface area (Å²) < 4.78 is 6.18. The second kappa shape index (κ2) is 3.96. The van der Waals surface area contributed by atoms with E-state index >= 15 is 0 Å². The van der Waals surface area contributed by atoms with E-state index in [2.05, 4.69) is 15.5 Å². The van der Waals surface area contributed by atoms with Gasteiger partial charge in [0.15, 0.2) is 3.95 Å². The van der Waals surface area contributed by atoms with Crippen molar-refractivity contribution in [3.63, 3.8) is 0 Å². The number of aromatic amines is 1. The number of hydrogen-bond acceptors (Lipinski definition) is 5. The summed E-state index contributed by atoms with van der Waals surface area (Å²) >= 11 is 6.40. The molecule has 0 atom stereocenters. The van der Waals surface area contributed by atoms with E-state index < -0.39 is 0 Å². The van der Waals surface area contributed by atoms with Crippen LogP contribution in [0, 0.1) is 3.95 Å². The number of H-pyrrole nitrogens is 1. The number of nitrogens with zero attached hydrogens (tertiary/aromatic N) is 1. The van der Waals surface area contributed by atoms with Crippen LogP contribution in [-0.2, 0) is 4.74 Å². The number of hydrogen-bond donors (Lipinski definition) is 2. The van der Waals surface area contributed by atoms with Gasteiger partial charge in [0, 0.05) is 13.7 Å². The van der Waals surface area contributed by atoms with Crippen LogP contribution < -0.4 is 5.32 Å². The van der Waals surface area contributed by atoms with E-state index in [-0.39, 0.29) is 5.60 Å². The molecule has 1 saturated carbocycles. The highest BCUT2D eigenvalue weighted by atomic mass is 32.1. The maximum atomic E-state index is 5.48. The molecule has 0 aromatic carbocycles. The fourth-order valence-electron chi connectivity index (χ4n) is 1.57. The summed E-state index contributed by atoms with van der Waals surface area (Å²) in [5, 5.41) is 10.9. The standard InChI is InChI=1S/C8H13N3OS2/c1-12-8(3-2-4-8)5-9-6-10-11-7(13)14-6/h2-5H2,1H3,(H,9,10)(H,11,13). The van der Waals surface area contributed by atoms with Crippen molar-refractivity contribution < 1.29 is 4.74 Å². The summed E-state index contributed by atoms with van der Waals surface area (Å²) in [6.07, 6.45) is 3.52. The average molecular weight is 231 g/mol. The van der Waals surface area contributed by atoms with Crippen LogP contribution in [0.4, 0.5) is 5.13 Å². The molecule has 1 aliphatic rings. The molecule has 0 unspecified atom stereocenters. The van der Waals surface area contributed by atoms with Crippen molar-refractivity contribution in [1.82, 2.24) is 10.2 Å². The van der Waals surface area contributed by atoms with Gasteiger partial charge < -0.3 is 10.1 Å². The number of nitrogens with one attached hydrogen (secondary N) is 2. The predicted molar refractivity (Wildman–Crippen MR) is 59.4 cm³/mol. The molecule has 1 heterocycles. The van der Waals surface area contributed by atoms with Crippen LogP contribution in [0.5, 0.6) is 0 Å². The van der Waals surface area contributed by atoms with E-state index in [1.54, 1.807) is 7.11 Å². The molecule has 6 heteroatoms. The number of ether oxygens (including phenoxy) is 1. The smallest absolute Gasteiger partial charge is 0.204 e. The van der Waals surface area contributed by atoms with Gasteiger partial charge in [-0.1, -0.05) is 11.3 Å². The maximum absolute atomic E-state index is 5.48. The van der Waals surface area contributed by atoms with Crippen molar-refractivity contribution in [3.05, 3.63) is 3.95 Å². The van der Waals surface area contributed by atoms with Crippen LogP contribution in [0.3, 0.4) is 0 Å². The summed E-state index contributed by atoms with van der Waals surface area (Å²) in [5.74, 6) is 0. The Balaban J connectivity index is 1.90. The minimum absolute atomic E-state index is 0.0350. The fraction of sp³-hybridized carbons (Fsp3) is 0.750. The normalized spacial score (nSPS) is 18.9. The first-order valence-electron chi connectivity index (χ1n) is 4.59. The first-order valence-corrected chi connectivity index (χ1v) is 5.81. The van der Waals surface area contributed by atoms with Gasteiger partial charge in [-0.3, -0.25) is 5.10 Å². The number of rotatable bonds is 4. The van der Waals surface area contributed by atoms with Crippen molar-refractivity contribution in [2.75, 3.05) is 19.0 Å². The Hall–Kier alpha value is -0.460. The van der Waals surface area contributed by atoms with Crippen LogP contribution in [0.25, 0.3) is 0 Å². The molecule has 78 valence electrons. The molecule has 1 aromatic rings. The average Bonchev–Trinajstić information content (AvgIpc) is 2.50. The molecule has 2 rings (SSSR count).